The fourth-order valence-corrected chi connectivity index (χ4v) is 3.19. The van der Waals surface area contributed by atoms with Gasteiger partial charge in [-0.1, -0.05) is 6.42 Å². The van der Waals surface area contributed by atoms with E-state index in [1.54, 1.807) is 0 Å². The highest BCUT2D eigenvalue weighted by Gasteiger charge is 2.25. The van der Waals surface area contributed by atoms with Crippen LogP contribution in [-0.2, 0) is 4.74 Å². The molecule has 2 heterocycles. The number of rotatable bonds is 1. The van der Waals surface area contributed by atoms with Crippen molar-refractivity contribution in [3.8, 4) is 0 Å². The molecule has 2 unspecified atom stereocenters. The van der Waals surface area contributed by atoms with Crippen molar-refractivity contribution in [3.63, 3.8) is 0 Å². The van der Waals surface area contributed by atoms with Crippen LogP contribution in [-0.4, -0.2) is 30.4 Å². The maximum absolute atomic E-state index is 5.69. The molecule has 0 aromatic carbocycles. The van der Waals surface area contributed by atoms with Gasteiger partial charge in [-0.05, 0) is 31.6 Å². The molecule has 0 amide bonds. The molecule has 0 spiro atoms. The van der Waals surface area contributed by atoms with Crippen molar-refractivity contribution in [3.05, 3.63) is 0 Å². The van der Waals surface area contributed by atoms with Gasteiger partial charge in [-0.2, -0.15) is 11.8 Å². The monoisotopic (exact) mass is 223 g/mol. The van der Waals surface area contributed by atoms with E-state index < -0.39 is 0 Å². The van der Waals surface area contributed by atoms with E-state index in [-0.39, 0.29) is 12.4 Å². The Morgan fingerprint density at radius 1 is 1.23 bits per heavy atom. The number of halogens is 1. The van der Waals surface area contributed by atoms with Crippen LogP contribution in [0.15, 0.2) is 0 Å². The highest BCUT2D eigenvalue weighted by Crippen LogP contribution is 2.28. The predicted molar refractivity (Wildman–Crippen MR) is 59.7 cm³/mol. The summed E-state index contributed by atoms with van der Waals surface area (Å²) in [7, 11) is 0. The lowest BCUT2D eigenvalue weighted by molar-refractivity contribution is -0.00149. The molecule has 0 bridgehead atoms. The Kier molecular flexibility index (Phi) is 5.48. The molecule has 4 heteroatoms. The van der Waals surface area contributed by atoms with Crippen molar-refractivity contribution >= 4 is 24.2 Å². The first-order chi connectivity index (χ1) is 5.97. The lowest BCUT2D eigenvalue weighted by Gasteiger charge is -2.33. The molecule has 1 N–H and O–H groups in total. The van der Waals surface area contributed by atoms with Gasteiger partial charge in [-0.25, -0.2) is 0 Å². The molecule has 2 fully saturated rings. The summed E-state index contributed by atoms with van der Waals surface area (Å²) >= 11 is 2.08. The standard InChI is InChI=1S/C9H17NOS.ClH/c1-2-7-12-8(4-1)9-10-5-3-6-11-9;/h8-10H,1-7H2;1H. The van der Waals surface area contributed by atoms with Crippen LogP contribution in [0.25, 0.3) is 0 Å². The summed E-state index contributed by atoms with van der Waals surface area (Å²) in [6.45, 7) is 2.09. The maximum atomic E-state index is 5.69. The van der Waals surface area contributed by atoms with Gasteiger partial charge in [0.15, 0.2) is 0 Å². The zero-order valence-corrected chi connectivity index (χ0v) is 9.46. The Balaban J connectivity index is 0.000000845. The van der Waals surface area contributed by atoms with Crippen LogP contribution in [0, 0.1) is 0 Å². The average molecular weight is 224 g/mol. The van der Waals surface area contributed by atoms with Gasteiger partial charge >= 0.3 is 0 Å². The largest absolute Gasteiger partial charge is 0.362 e. The molecule has 0 aliphatic carbocycles. The van der Waals surface area contributed by atoms with Gasteiger partial charge in [-0.3, -0.25) is 5.32 Å². The number of hydrogen-bond acceptors (Lipinski definition) is 3. The molecule has 0 aromatic rings. The van der Waals surface area contributed by atoms with Gasteiger partial charge in [0.05, 0.1) is 0 Å². The lowest BCUT2D eigenvalue weighted by atomic mass is 10.1. The van der Waals surface area contributed by atoms with Gasteiger partial charge in [-0.15, -0.1) is 12.4 Å². The molecule has 2 rings (SSSR count). The first-order valence-electron chi connectivity index (χ1n) is 4.93. The third-order valence-corrected chi connectivity index (χ3v) is 3.95. The smallest absolute Gasteiger partial charge is 0.120 e. The molecule has 13 heavy (non-hydrogen) atoms. The number of thioether (sulfide) groups is 1. The van der Waals surface area contributed by atoms with E-state index in [9.17, 15) is 0 Å². The summed E-state index contributed by atoms with van der Waals surface area (Å²) < 4.78 is 5.69. The van der Waals surface area contributed by atoms with Crippen LogP contribution in [0.4, 0.5) is 0 Å². The van der Waals surface area contributed by atoms with E-state index in [4.69, 9.17) is 4.74 Å². The van der Waals surface area contributed by atoms with Crippen molar-refractivity contribution in [2.24, 2.45) is 0 Å². The first-order valence-corrected chi connectivity index (χ1v) is 5.98. The molecule has 0 radical (unpaired) electrons. The SMILES string of the molecule is C1CNC(C2CCCCS2)OC1.Cl. The van der Waals surface area contributed by atoms with Crippen LogP contribution in [0.2, 0.25) is 0 Å². The molecule has 0 aromatic heterocycles. The quantitative estimate of drug-likeness (QED) is 0.735. The topological polar surface area (TPSA) is 21.3 Å². The van der Waals surface area contributed by atoms with Gasteiger partial charge in [0.2, 0.25) is 0 Å². The summed E-state index contributed by atoms with van der Waals surface area (Å²) in [6, 6.07) is 0. The normalized spacial score (nSPS) is 35.1. The summed E-state index contributed by atoms with van der Waals surface area (Å²) in [5.41, 5.74) is 0. The van der Waals surface area contributed by atoms with Crippen molar-refractivity contribution in [1.29, 1.82) is 0 Å². The van der Waals surface area contributed by atoms with Gasteiger partial charge in [0.25, 0.3) is 0 Å². The lowest BCUT2D eigenvalue weighted by Crippen LogP contribution is -2.45. The Morgan fingerprint density at radius 2 is 2.15 bits per heavy atom. The number of hydrogen-bond donors (Lipinski definition) is 1. The van der Waals surface area contributed by atoms with Gasteiger partial charge in [0, 0.05) is 11.9 Å². The molecule has 2 aliphatic rings. The zero-order valence-electron chi connectivity index (χ0n) is 7.83. The molecule has 2 aliphatic heterocycles. The third-order valence-electron chi connectivity index (χ3n) is 2.52. The average Bonchev–Trinajstić information content (AvgIpc) is 2.21. The van der Waals surface area contributed by atoms with Crippen LogP contribution in [0.5, 0.6) is 0 Å². The molecular formula is C9H18ClNOS. The van der Waals surface area contributed by atoms with Crippen molar-refractivity contribution in [2.75, 3.05) is 18.9 Å². The van der Waals surface area contributed by atoms with Crippen LogP contribution in [0.1, 0.15) is 25.7 Å². The zero-order chi connectivity index (χ0) is 8.23. The first kappa shape index (κ1) is 11.6. The molecule has 0 saturated carbocycles. The summed E-state index contributed by atoms with van der Waals surface area (Å²) in [4.78, 5) is 0. The van der Waals surface area contributed by atoms with Crippen LogP contribution in [0.3, 0.4) is 0 Å². The van der Waals surface area contributed by atoms with E-state index in [2.05, 4.69) is 17.1 Å². The molecule has 2 atom stereocenters. The predicted octanol–water partition coefficient (Wildman–Crippen LogP) is 2.03. The van der Waals surface area contributed by atoms with Crippen molar-refractivity contribution in [2.45, 2.75) is 37.2 Å². The second kappa shape index (κ2) is 6.12. The number of ether oxygens (including phenoxy) is 1. The second-order valence-corrected chi connectivity index (χ2v) is 4.85. The minimum atomic E-state index is 0. The molecule has 2 nitrogen and oxygen atoms in total. The van der Waals surface area contributed by atoms with E-state index in [0.717, 1.165) is 18.4 Å². The molecule has 2 saturated heterocycles. The highest BCUT2D eigenvalue weighted by molar-refractivity contribution is 8.00. The van der Waals surface area contributed by atoms with Crippen LogP contribution < -0.4 is 5.32 Å². The Bertz CT molecular complexity index is 120. The third kappa shape index (κ3) is 3.31. The minimum Gasteiger partial charge on any atom is -0.362 e. The van der Waals surface area contributed by atoms with E-state index in [0.29, 0.717) is 6.23 Å². The van der Waals surface area contributed by atoms with Crippen molar-refractivity contribution < 1.29 is 4.74 Å². The molecule has 78 valence electrons. The Morgan fingerprint density at radius 3 is 2.77 bits per heavy atom. The van der Waals surface area contributed by atoms with E-state index >= 15 is 0 Å². The minimum absolute atomic E-state index is 0. The highest BCUT2D eigenvalue weighted by atomic mass is 35.5. The molecular weight excluding hydrogens is 206 g/mol. The summed E-state index contributed by atoms with van der Waals surface area (Å²) in [5.74, 6) is 1.33. The Hall–Kier alpha value is 0.560. The van der Waals surface area contributed by atoms with E-state index in [1.807, 2.05) is 0 Å². The van der Waals surface area contributed by atoms with Gasteiger partial charge in [0.1, 0.15) is 6.23 Å². The van der Waals surface area contributed by atoms with Gasteiger partial charge < -0.3 is 4.74 Å². The van der Waals surface area contributed by atoms with Crippen LogP contribution >= 0.6 is 24.2 Å². The Labute approximate surface area is 90.6 Å². The summed E-state index contributed by atoms with van der Waals surface area (Å²) in [6.07, 6.45) is 5.65. The fraction of sp³-hybridized carbons (Fsp3) is 1.00. The fourth-order valence-electron chi connectivity index (χ4n) is 1.83. The number of nitrogens with one attached hydrogen (secondary N) is 1. The van der Waals surface area contributed by atoms with Crippen molar-refractivity contribution in [1.82, 2.24) is 5.32 Å². The maximum Gasteiger partial charge on any atom is 0.120 e. The second-order valence-electron chi connectivity index (χ2n) is 3.50. The van der Waals surface area contributed by atoms with E-state index in [1.165, 1.54) is 31.4 Å². The summed E-state index contributed by atoms with van der Waals surface area (Å²) in [5, 5.41) is 4.17.